The lowest BCUT2D eigenvalue weighted by atomic mass is 9.97. The topological polar surface area (TPSA) is 45.5 Å². The molecule has 2 aromatic rings. The molecular weight excluding hydrogens is 257 g/mol. The van der Waals surface area contributed by atoms with Crippen molar-refractivity contribution in [2.75, 3.05) is 31.5 Å². The predicted octanol–water partition coefficient (Wildman–Crippen LogP) is 2.01. The molecule has 0 unspecified atom stereocenters. The van der Waals surface area contributed by atoms with Crippen LogP contribution in [-0.4, -0.2) is 45.7 Å². The van der Waals surface area contributed by atoms with Crippen LogP contribution in [0.2, 0.25) is 0 Å². The number of fused-ring (bicyclic) bond motifs is 1. The van der Waals surface area contributed by atoms with E-state index in [1.54, 1.807) is 6.07 Å². The fraction of sp³-hybridized carbons (Fsp3) is 0.571. The molecule has 1 saturated heterocycles. The molecule has 0 atom stereocenters. The van der Waals surface area contributed by atoms with Crippen molar-refractivity contribution in [2.24, 2.45) is 5.92 Å². The molecule has 0 aromatic carbocycles. The van der Waals surface area contributed by atoms with E-state index >= 15 is 0 Å². The number of likely N-dealkylation sites (tertiary alicyclic amines) is 1. The second kappa shape index (κ2) is 5.75. The van der Waals surface area contributed by atoms with Crippen molar-refractivity contribution in [2.45, 2.75) is 19.8 Å². The minimum absolute atomic E-state index is 0.305. The van der Waals surface area contributed by atoms with Crippen molar-refractivity contribution in [1.29, 1.82) is 0 Å². The van der Waals surface area contributed by atoms with E-state index in [9.17, 15) is 4.39 Å². The molecule has 5 nitrogen and oxygen atoms in total. The van der Waals surface area contributed by atoms with Crippen LogP contribution < -0.4 is 5.32 Å². The van der Waals surface area contributed by atoms with Gasteiger partial charge in [0.2, 0.25) is 5.95 Å². The Kier molecular flexibility index (Phi) is 3.82. The third kappa shape index (κ3) is 2.90. The first kappa shape index (κ1) is 13.3. The second-order valence-electron chi connectivity index (χ2n) is 5.34. The number of nitrogens with zero attached hydrogens (tertiary/aromatic N) is 4. The number of pyridine rings is 1. The van der Waals surface area contributed by atoms with E-state index in [4.69, 9.17) is 0 Å². The Morgan fingerprint density at radius 3 is 2.90 bits per heavy atom. The van der Waals surface area contributed by atoms with E-state index < -0.39 is 0 Å². The highest BCUT2D eigenvalue weighted by atomic mass is 19.1. The lowest BCUT2D eigenvalue weighted by molar-refractivity contribution is 0.198. The van der Waals surface area contributed by atoms with Gasteiger partial charge in [0.15, 0.2) is 5.65 Å². The zero-order valence-electron chi connectivity index (χ0n) is 11.7. The van der Waals surface area contributed by atoms with Crippen molar-refractivity contribution >= 4 is 11.6 Å². The van der Waals surface area contributed by atoms with Crippen LogP contribution in [-0.2, 0) is 0 Å². The Morgan fingerprint density at radius 2 is 2.15 bits per heavy atom. The van der Waals surface area contributed by atoms with Gasteiger partial charge in [0.05, 0.1) is 6.20 Å². The molecule has 0 spiro atoms. The van der Waals surface area contributed by atoms with Crippen molar-refractivity contribution < 1.29 is 4.39 Å². The summed E-state index contributed by atoms with van der Waals surface area (Å²) in [5, 5.41) is 7.51. The Labute approximate surface area is 117 Å². The van der Waals surface area contributed by atoms with Crippen LogP contribution in [0.25, 0.3) is 5.65 Å². The van der Waals surface area contributed by atoms with Gasteiger partial charge in [0.1, 0.15) is 5.82 Å². The molecule has 3 heterocycles. The summed E-state index contributed by atoms with van der Waals surface area (Å²) in [6, 6.07) is 3.03. The van der Waals surface area contributed by atoms with Gasteiger partial charge in [-0.1, -0.05) is 6.92 Å². The fourth-order valence-electron chi connectivity index (χ4n) is 2.68. The van der Waals surface area contributed by atoms with E-state index in [0.29, 0.717) is 17.5 Å². The summed E-state index contributed by atoms with van der Waals surface area (Å²) in [5.74, 6) is 0.940. The molecule has 1 aliphatic rings. The van der Waals surface area contributed by atoms with Crippen LogP contribution >= 0.6 is 0 Å². The number of hydrogen-bond donors (Lipinski definition) is 1. The largest absolute Gasteiger partial charge is 0.353 e. The Bertz CT molecular complexity index is 574. The van der Waals surface area contributed by atoms with Crippen LogP contribution in [0.3, 0.4) is 0 Å². The first-order valence-electron chi connectivity index (χ1n) is 7.23. The van der Waals surface area contributed by atoms with E-state index in [2.05, 4.69) is 27.2 Å². The lowest BCUT2D eigenvalue weighted by Crippen LogP contribution is -2.35. The number of nitrogens with one attached hydrogen (secondary N) is 1. The van der Waals surface area contributed by atoms with Gasteiger partial charge in [-0.2, -0.15) is 4.98 Å². The predicted molar refractivity (Wildman–Crippen MR) is 76.3 cm³/mol. The van der Waals surface area contributed by atoms with Crippen LogP contribution in [0.4, 0.5) is 10.3 Å². The van der Waals surface area contributed by atoms with Gasteiger partial charge in [-0.3, -0.25) is 0 Å². The van der Waals surface area contributed by atoms with Crippen LogP contribution in [0.1, 0.15) is 19.8 Å². The summed E-state index contributed by atoms with van der Waals surface area (Å²) in [7, 11) is 0. The number of rotatable bonds is 4. The highest BCUT2D eigenvalue weighted by molar-refractivity contribution is 5.43. The van der Waals surface area contributed by atoms with Gasteiger partial charge < -0.3 is 10.2 Å². The van der Waals surface area contributed by atoms with Gasteiger partial charge in [-0.15, -0.1) is 5.10 Å². The fourth-order valence-corrected chi connectivity index (χ4v) is 2.68. The molecule has 3 rings (SSSR count). The zero-order chi connectivity index (χ0) is 13.9. The van der Waals surface area contributed by atoms with Crippen molar-refractivity contribution in [3.63, 3.8) is 0 Å². The molecule has 0 amide bonds. The van der Waals surface area contributed by atoms with E-state index in [-0.39, 0.29) is 5.82 Å². The highest BCUT2D eigenvalue weighted by Crippen LogP contribution is 2.17. The first-order chi connectivity index (χ1) is 9.74. The lowest BCUT2D eigenvalue weighted by Gasteiger charge is -2.30. The Balaban J connectivity index is 1.57. The Hall–Kier alpha value is -1.69. The molecule has 1 fully saturated rings. The molecule has 2 aromatic heterocycles. The van der Waals surface area contributed by atoms with Crippen LogP contribution in [0, 0.1) is 11.7 Å². The van der Waals surface area contributed by atoms with Crippen LogP contribution in [0.15, 0.2) is 18.3 Å². The van der Waals surface area contributed by atoms with E-state index in [1.165, 1.54) is 42.7 Å². The Morgan fingerprint density at radius 1 is 1.35 bits per heavy atom. The minimum Gasteiger partial charge on any atom is -0.353 e. The molecule has 0 bridgehead atoms. The molecule has 20 heavy (non-hydrogen) atoms. The molecule has 1 N–H and O–H groups in total. The summed E-state index contributed by atoms with van der Waals surface area (Å²) < 4.78 is 14.5. The summed E-state index contributed by atoms with van der Waals surface area (Å²) in [6.07, 6.45) is 3.76. The average molecular weight is 277 g/mol. The van der Waals surface area contributed by atoms with Gasteiger partial charge in [-0.05, 0) is 50.5 Å². The molecule has 1 aliphatic heterocycles. The second-order valence-corrected chi connectivity index (χ2v) is 5.34. The molecular formula is C14H20FN5. The molecule has 6 heteroatoms. The minimum atomic E-state index is -0.305. The molecule has 0 saturated carbocycles. The SMILES string of the molecule is CCN1CCC(CNc2nc3ccc(F)cn3n2)CC1. The molecule has 0 radical (unpaired) electrons. The summed E-state index contributed by atoms with van der Waals surface area (Å²) in [5.41, 5.74) is 0.662. The third-order valence-electron chi connectivity index (χ3n) is 4.00. The smallest absolute Gasteiger partial charge is 0.243 e. The quantitative estimate of drug-likeness (QED) is 0.928. The maximum absolute atomic E-state index is 13.1. The van der Waals surface area contributed by atoms with Crippen molar-refractivity contribution in [1.82, 2.24) is 19.5 Å². The van der Waals surface area contributed by atoms with E-state index in [1.807, 2.05) is 0 Å². The number of piperidine rings is 1. The number of aromatic nitrogens is 3. The monoisotopic (exact) mass is 277 g/mol. The standard InChI is InChI=1S/C14H20FN5/c1-2-19-7-5-11(6-8-19)9-16-14-17-13-4-3-12(15)10-20(13)18-14/h3-4,10-11H,2,5-9H2,1H3,(H,16,18). The van der Waals surface area contributed by atoms with Crippen molar-refractivity contribution in [3.05, 3.63) is 24.1 Å². The van der Waals surface area contributed by atoms with Crippen molar-refractivity contribution in [3.8, 4) is 0 Å². The van der Waals surface area contributed by atoms with Gasteiger partial charge >= 0.3 is 0 Å². The molecule has 0 aliphatic carbocycles. The van der Waals surface area contributed by atoms with E-state index in [0.717, 1.165) is 13.1 Å². The van der Waals surface area contributed by atoms with Gasteiger partial charge in [0.25, 0.3) is 0 Å². The first-order valence-corrected chi connectivity index (χ1v) is 7.23. The number of halogens is 1. The zero-order valence-corrected chi connectivity index (χ0v) is 11.7. The van der Waals surface area contributed by atoms with Gasteiger partial charge in [-0.25, -0.2) is 8.91 Å². The summed E-state index contributed by atoms with van der Waals surface area (Å²) in [6.45, 7) is 6.58. The van der Waals surface area contributed by atoms with Gasteiger partial charge in [0, 0.05) is 6.54 Å². The number of hydrogen-bond acceptors (Lipinski definition) is 4. The maximum Gasteiger partial charge on any atom is 0.243 e. The number of anilines is 1. The highest BCUT2D eigenvalue weighted by Gasteiger charge is 2.18. The third-order valence-corrected chi connectivity index (χ3v) is 4.00. The molecule has 108 valence electrons. The maximum atomic E-state index is 13.1. The normalized spacial score (nSPS) is 17.7. The average Bonchev–Trinajstić information content (AvgIpc) is 2.87. The summed E-state index contributed by atoms with van der Waals surface area (Å²) >= 11 is 0. The van der Waals surface area contributed by atoms with Crippen LogP contribution in [0.5, 0.6) is 0 Å². The summed E-state index contributed by atoms with van der Waals surface area (Å²) in [4.78, 5) is 6.81.